The molecule has 1 rings (SSSR count). The van der Waals surface area contributed by atoms with Gasteiger partial charge in [-0.2, -0.15) is 0 Å². The summed E-state index contributed by atoms with van der Waals surface area (Å²) in [5.41, 5.74) is 6.86. The summed E-state index contributed by atoms with van der Waals surface area (Å²) < 4.78 is 10.4. The molecule has 0 aliphatic heterocycles. The minimum absolute atomic E-state index is 0.0302. The van der Waals surface area contributed by atoms with Crippen LogP contribution in [0.5, 0.6) is 11.5 Å². The van der Waals surface area contributed by atoms with Crippen LogP contribution in [0.25, 0.3) is 0 Å². The lowest BCUT2D eigenvalue weighted by atomic mass is 9.83. The molecular formula is C15H25NO3. The molecule has 108 valence electrons. The second kappa shape index (κ2) is 6.26. The quantitative estimate of drug-likeness (QED) is 0.860. The van der Waals surface area contributed by atoms with Gasteiger partial charge in [0, 0.05) is 6.04 Å². The van der Waals surface area contributed by atoms with Crippen molar-refractivity contribution < 1.29 is 14.6 Å². The molecule has 0 aliphatic carbocycles. The van der Waals surface area contributed by atoms with E-state index in [9.17, 15) is 5.11 Å². The predicted molar refractivity (Wildman–Crippen MR) is 76.6 cm³/mol. The van der Waals surface area contributed by atoms with Crippen LogP contribution in [0.15, 0.2) is 18.2 Å². The monoisotopic (exact) mass is 267 g/mol. The van der Waals surface area contributed by atoms with Crippen LogP contribution in [-0.4, -0.2) is 25.4 Å². The average Bonchev–Trinajstić information content (AvgIpc) is 2.36. The van der Waals surface area contributed by atoms with Gasteiger partial charge in [0.1, 0.15) is 0 Å². The van der Waals surface area contributed by atoms with E-state index in [4.69, 9.17) is 15.2 Å². The summed E-state index contributed by atoms with van der Waals surface area (Å²) in [5.74, 6) is 1.27. The van der Waals surface area contributed by atoms with Crippen LogP contribution in [-0.2, 0) is 0 Å². The van der Waals surface area contributed by atoms with Crippen molar-refractivity contribution in [3.8, 4) is 11.5 Å². The highest BCUT2D eigenvalue weighted by molar-refractivity contribution is 5.43. The fourth-order valence-corrected chi connectivity index (χ4v) is 1.79. The van der Waals surface area contributed by atoms with Gasteiger partial charge in [-0.1, -0.05) is 26.8 Å². The lowest BCUT2D eigenvalue weighted by Gasteiger charge is -2.29. The number of hydrogen-bond acceptors (Lipinski definition) is 4. The molecular weight excluding hydrogens is 242 g/mol. The molecule has 3 N–H and O–H groups in total. The van der Waals surface area contributed by atoms with Gasteiger partial charge < -0.3 is 20.3 Å². The second-order valence-electron chi connectivity index (χ2n) is 5.84. The third-order valence-corrected chi connectivity index (χ3v) is 3.38. The van der Waals surface area contributed by atoms with Gasteiger partial charge in [-0.05, 0) is 29.5 Å². The fraction of sp³-hybridized carbons (Fsp3) is 0.600. The van der Waals surface area contributed by atoms with Crippen LogP contribution in [0, 0.1) is 5.41 Å². The standard InChI is InChI=1S/C15H25NO3/c1-15(2,3)14(16)9-11(17)10-6-7-12(18-4)13(8-10)19-5/h6-8,11,14,17H,9,16H2,1-5H3/t11-,14+/m1/s1. The summed E-state index contributed by atoms with van der Waals surface area (Å²) in [5, 5.41) is 10.3. The van der Waals surface area contributed by atoms with E-state index in [0.717, 1.165) is 5.56 Å². The topological polar surface area (TPSA) is 64.7 Å². The zero-order valence-electron chi connectivity index (χ0n) is 12.4. The molecule has 4 heteroatoms. The third kappa shape index (κ3) is 4.11. The van der Waals surface area contributed by atoms with Gasteiger partial charge in [-0.3, -0.25) is 0 Å². The Labute approximate surface area is 115 Å². The number of aliphatic hydroxyl groups is 1. The number of nitrogens with two attached hydrogens (primary N) is 1. The molecule has 4 nitrogen and oxygen atoms in total. The van der Waals surface area contributed by atoms with E-state index in [-0.39, 0.29) is 11.5 Å². The minimum atomic E-state index is -0.603. The number of ether oxygens (including phenoxy) is 2. The van der Waals surface area contributed by atoms with E-state index in [0.29, 0.717) is 17.9 Å². The Balaban J connectivity index is 2.85. The molecule has 0 aliphatic rings. The number of hydrogen-bond donors (Lipinski definition) is 2. The molecule has 2 atom stereocenters. The van der Waals surface area contributed by atoms with Crippen LogP contribution in [0.1, 0.15) is 38.9 Å². The van der Waals surface area contributed by atoms with Crippen molar-refractivity contribution in [3.05, 3.63) is 23.8 Å². The van der Waals surface area contributed by atoms with Crippen LogP contribution < -0.4 is 15.2 Å². The highest BCUT2D eigenvalue weighted by atomic mass is 16.5. The number of rotatable bonds is 5. The lowest BCUT2D eigenvalue weighted by Crippen LogP contribution is -2.36. The summed E-state index contributed by atoms with van der Waals surface area (Å²) in [7, 11) is 3.17. The molecule has 1 aromatic carbocycles. The molecule has 0 fully saturated rings. The van der Waals surface area contributed by atoms with Gasteiger partial charge in [0.2, 0.25) is 0 Å². The first kappa shape index (κ1) is 15.8. The smallest absolute Gasteiger partial charge is 0.161 e. The largest absolute Gasteiger partial charge is 0.493 e. The Morgan fingerprint density at radius 2 is 1.74 bits per heavy atom. The highest BCUT2D eigenvalue weighted by Gasteiger charge is 2.24. The van der Waals surface area contributed by atoms with Crippen LogP contribution in [0.2, 0.25) is 0 Å². The molecule has 0 unspecified atom stereocenters. The fourth-order valence-electron chi connectivity index (χ4n) is 1.79. The molecule has 0 bridgehead atoms. The van der Waals surface area contributed by atoms with E-state index in [2.05, 4.69) is 20.8 Å². The van der Waals surface area contributed by atoms with Gasteiger partial charge in [-0.15, -0.1) is 0 Å². The summed E-state index contributed by atoms with van der Waals surface area (Å²) >= 11 is 0. The summed E-state index contributed by atoms with van der Waals surface area (Å²) in [6.07, 6.45) is -0.0899. The Hall–Kier alpha value is -1.26. The third-order valence-electron chi connectivity index (χ3n) is 3.38. The second-order valence-corrected chi connectivity index (χ2v) is 5.84. The Kier molecular flexibility index (Phi) is 5.20. The van der Waals surface area contributed by atoms with Gasteiger partial charge in [-0.25, -0.2) is 0 Å². The molecule has 0 radical (unpaired) electrons. The molecule has 0 heterocycles. The Morgan fingerprint density at radius 1 is 1.16 bits per heavy atom. The number of aliphatic hydroxyl groups excluding tert-OH is 1. The van der Waals surface area contributed by atoms with Gasteiger partial charge in [0.15, 0.2) is 11.5 Å². The first-order valence-corrected chi connectivity index (χ1v) is 6.45. The first-order valence-electron chi connectivity index (χ1n) is 6.45. The summed E-state index contributed by atoms with van der Waals surface area (Å²) in [6.45, 7) is 6.21. The van der Waals surface area contributed by atoms with Crippen molar-refractivity contribution in [2.24, 2.45) is 11.1 Å². The maximum absolute atomic E-state index is 10.3. The SMILES string of the molecule is COc1ccc([C@H](O)C[C@H](N)C(C)(C)C)cc1OC. The highest BCUT2D eigenvalue weighted by Crippen LogP contribution is 2.32. The maximum Gasteiger partial charge on any atom is 0.161 e. The number of benzene rings is 1. The van der Waals surface area contributed by atoms with Crippen molar-refractivity contribution in [1.82, 2.24) is 0 Å². The molecule has 19 heavy (non-hydrogen) atoms. The van der Waals surface area contributed by atoms with Crippen molar-refractivity contribution in [1.29, 1.82) is 0 Å². The van der Waals surface area contributed by atoms with E-state index in [1.807, 2.05) is 6.07 Å². The van der Waals surface area contributed by atoms with Crippen LogP contribution in [0.3, 0.4) is 0 Å². The van der Waals surface area contributed by atoms with Gasteiger partial charge >= 0.3 is 0 Å². The van der Waals surface area contributed by atoms with E-state index < -0.39 is 6.10 Å². The van der Waals surface area contributed by atoms with Crippen LogP contribution in [0.4, 0.5) is 0 Å². The summed E-state index contributed by atoms with van der Waals surface area (Å²) in [6, 6.07) is 5.34. The zero-order valence-corrected chi connectivity index (χ0v) is 12.4. The molecule has 0 amide bonds. The van der Waals surface area contributed by atoms with Crippen molar-refractivity contribution in [3.63, 3.8) is 0 Å². The first-order chi connectivity index (χ1) is 8.79. The van der Waals surface area contributed by atoms with Crippen LogP contribution >= 0.6 is 0 Å². The zero-order chi connectivity index (χ0) is 14.6. The van der Waals surface area contributed by atoms with Crippen molar-refractivity contribution >= 4 is 0 Å². The molecule has 0 saturated heterocycles. The molecule has 0 aromatic heterocycles. The van der Waals surface area contributed by atoms with E-state index in [1.165, 1.54) is 0 Å². The predicted octanol–water partition coefficient (Wildman–Crippen LogP) is 2.50. The maximum atomic E-state index is 10.3. The van der Waals surface area contributed by atoms with Crippen molar-refractivity contribution in [2.45, 2.75) is 39.3 Å². The average molecular weight is 267 g/mol. The minimum Gasteiger partial charge on any atom is -0.493 e. The lowest BCUT2D eigenvalue weighted by molar-refractivity contribution is 0.133. The van der Waals surface area contributed by atoms with Gasteiger partial charge in [0.25, 0.3) is 0 Å². The molecule has 1 aromatic rings. The summed E-state index contributed by atoms with van der Waals surface area (Å²) in [4.78, 5) is 0. The Morgan fingerprint density at radius 3 is 2.21 bits per heavy atom. The Bertz CT molecular complexity index is 412. The van der Waals surface area contributed by atoms with E-state index >= 15 is 0 Å². The van der Waals surface area contributed by atoms with Gasteiger partial charge in [0.05, 0.1) is 20.3 Å². The van der Waals surface area contributed by atoms with E-state index in [1.54, 1.807) is 26.4 Å². The normalized spacial score (nSPS) is 14.9. The molecule has 0 spiro atoms. The van der Waals surface area contributed by atoms with Crippen molar-refractivity contribution in [2.75, 3.05) is 14.2 Å². The molecule has 0 saturated carbocycles. The number of methoxy groups -OCH3 is 2.